The summed E-state index contributed by atoms with van der Waals surface area (Å²) >= 11 is 15.4. The standard InChI is InChI=1S/C27H22Cl2N2O4S2.ClH/c1-3-34-26(32)22-20(14-9-5-7-11-16(14)28)18(36-24(22)30)13-19-21(15-10-6-8-12-17(15)29)23(25(31)37-19)27(33)35-4-2;/h5-13,30H,3-4,31H2,1-2H3;1H/b18-13-,30-24?;. The first kappa shape index (κ1) is 29.8. The van der Waals surface area contributed by atoms with E-state index in [0.717, 1.165) is 11.8 Å². The topological polar surface area (TPSA) is 102 Å². The molecule has 0 aliphatic carbocycles. The Kier molecular flexibility index (Phi) is 10.1. The van der Waals surface area contributed by atoms with Gasteiger partial charge in [-0.1, -0.05) is 71.4 Å². The summed E-state index contributed by atoms with van der Waals surface area (Å²) in [5, 5.41) is 9.75. The highest BCUT2D eigenvalue weighted by Gasteiger charge is 2.34. The number of rotatable bonds is 7. The normalized spacial score (nSPS) is 14.0. The molecule has 0 saturated carbocycles. The number of nitrogens with two attached hydrogens (primary N) is 1. The predicted molar refractivity (Wildman–Crippen MR) is 161 cm³/mol. The first-order valence-corrected chi connectivity index (χ1v) is 13.7. The second-order valence-corrected chi connectivity index (χ2v) is 10.6. The number of hydrogen-bond donors (Lipinski definition) is 2. The number of hydrogen-bond acceptors (Lipinski definition) is 8. The van der Waals surface area contributed by atoms with E-state index in [2.05, 4.69) is 0 Å². The van der Waals surface area contributed by atoms with Crippen molar-refractivity contribution in [2.24, 2.45) is 0 Å². The molecule has 0 unspecified atom stereocenters. The Morgan fingerprint density at radius 2 is 1.50 bits per heavy atom. The summed E-state index contributed by atoms with van der Waals surface area (Å²) in [5.41, 5.74) is 8.88. The Balaban J connectivity index is 0.00000400. The number of carbonyl (C=O) groups is 2. The highest BCUT2D eigenvalue weighted by Crippen LogP contribution is 2.49. The third-order valence-electron chi connectivity index (χ3n) is 5.41. The van der Waals surface area contributed by atoms with E-state index in [1.54, 1.807) is 62.4 Å². The SMILES string of the molecule is CCOC(=O)C1=C(c2ccccc2Cl)/C(=C/c2sc(N)c(C(=O)OCC)c2-c2ccccc2Cl)SC1=N.Cl. The van der Waals surface area contributed by atoms with Gasteiger partial charge in [-0.15, -0.1) is 23.7 Å². The van der Waals surface area contributed by atoms with Gasteiger partial charge in [-0.3, -0.25) is 5.41 Å². The molecule has 3 aromatic rings. The summed E-state index contributed by atoms with van der Waals surface area (Å²) in [6.07, 6.45) is 1.80. The van der Waals surface area contributed by atoms with Gasteiger partial charge in [0.25, 0.3) is 0 Å². The summed E-state index contributed by atoms with van der Waals surface area (Å²) in [4.78, 5) is 27.0. The molecule has 6 nitrogen and oxygen atoms in total. The van der Waals surface area contributed by atoms with Gasteiger partial charge in [0.05, 0.1) is 13.2 Å². The lowest BCUT2D eigenvalue weighted by Crippen LogP contribution is -2.12. The summed E-state index contributed by atoms with van der Waals surface area (Å²) < 4.78 is 10.5. The lowest BCUT2D eigenvalue weighted by Gasteiger charge is -2.11. The van der Waals surface area contributed by atoms with Crippen LogP contribution in [0.2, 0.25) is 10.0 Å². The van der Waals surface area contributed by atoms with Crippen molar-refractivity contribution >= 4 is 92.3 Å². The van der Waals surface area contributed by atoms with Gasteiger partial charge in [0, 0.05) is 42.1 Å². The molecule has 0 spiro atoms. The van der Waals surface area contributed by atoms with Crippen LogP contribution in [-0.4, -0.2) is 30.2 Å². The first-order chi connectivity index (χ1) is 17.8. The van der Waals surface area contributed by atoms with Gasteiger partial charge < -0.3 is 15.2 Å². The minimum Gasteiger partial charge on any atom is -0.462 e. The van der Waals surface area contributed by atoms with E-state index in [9.17, 15) is 9.59 Å². The Labute approximate surface area is 244 Å². The fraction of sp³-hybridized carbons (Fsp3) is 0.148. The molecular weight excluding hydrogens is 587 g/mol. The van der Waals surface area contributed by atoms with Crippen LogP contribution in [0.5, 0.6) is 0 Å². The molecule has 38 heavy (non-hydrogen) atoms. The van der Waals surface area contributed by atoms with Crippen LogP contribution in [0.4, 0.5) is 5.00 Å². The molecule has 0 saturated heterocycles. The average molecular weight is 610 g/mol. The van der Waals surface area contributed by atoms with Crippen LogP contribution < -0.4 is 5.73 Å². The fourth-order valence-electron chi connectivity index (χ4n) is 3.90. The minimum absolute atomic E-state index is 0. The van der Waals surface area contributed by atoms with Crippen LogP contribution in [0.25, 0.3) is 22.8 Å². The van der Waals surface area contributed by atoms with Gasteiger partial charge in [0.15, 0.2) is 0 Å². The molecule has 3 N–H and O–H groups in total. The van der Waals surface area contributed by atoms with Gasteiger partial charge in [-0.25, -0.2) is 9.59 Å². The molecule has 1 aromatic heterocycles. The van der Waals surface area contributed by atoms with Crippen molar-refractivity contribution in [2.75, 3.05) is 18.9 Å². The number of carbonyl (C=O) groups excluding carboxylic acids is 2. The number of nitrogens with one attached hydrogen (secondary N) is 1. The van der Waals surface area contributed by atoms with E-state index in [-0.39, 0.29) is 46.8 Å². The summed E-state index contributed by atoms with van der Waals surface area (Å²) in [7, 11) is 0. The third kappa shape index (κ3) is 5.80. The second kappa shape index (κ2) is 12.9. The van der Waals surface area contributed by atoms with Crippen molar-refractivity contribution in [3.05, 3.63) is 85.1 Å². The third-order valence-corrected chi connectivity index (χ3v) is 7.98. The van der Waals surface area contributed by atoms with Crippen molar-refractivity contribution < 1.29 is 19.1 Å². The monoisotopic (exact) mass is 608 g/mol. The number of ether oxygens (including phenoxy) is 2. The van der Waals surface area contributed by atoms with Crippen molar-refractivity contribution in [2.45, 2.75) is 13.8 Å². The number of thiophene rings is 1. The Bertz CT molecular complexity index is 1480. The molecule has 4 rings (SSSR count). The first-order valence-electron chi connectivity index (χ1n) is 11.3. The van der Waals surface area contributed by atoms with Crippen LogP contribution in [0.3, 0.4) is 0 Å². The molecule has 0 fully saturated rings. The van der Waals surface area contributed by atoms with Gasteiger partial charge in [-0.2, -0.15) is 0 Å². The zero-order chi connectivity index (χ0) is 26.7. The number of benzene rings is 2. The number of anilines is 1. The number of halogens is 3. The van der Waals surface area contributed by atoms with E-state index in [4.69, 9.17) is 43.8 Å². The van der Waals surface area contributed by atoms with Crippen molar-refractivity contribution in [3.63, 3.8) is 0 Å². The maximum absolute atomic E-state index is 12.9. The Hall–Kier alpha value is -2.75. The van der Waals surface area contributed by atoms with E-state index < -0.39 is 11.9 Å². The van der Waals surface area contributed by atoms with Crippen LogP contribution in [0.15, 0.2) is 59.0 Å². The highest BCUT2D eigenvalue weighted by molar-refractivity contribution is 8.18. The van der Waals surface area contributed by atoms with E-state index in [0.29, 0.717) is 42.1 Å². The zero-order valence-electron chi connectivity index (χ0n) is 20.3. The smallest absolute Gasteiger partial charge is 0.341 e. The van der Waals surface area contributed by atoms with Gasteiger partial charge >= 0.3 is 11.9 Å². The van der Waals surface area contributed by atoms with E-state index >= 15 is 0 Å². The lowest BCUT2D eigenvalue weighted by atomic mass is 9.97. The summed E-state index contributed by atoms with van der Waals surface area (Å²) in [6, 6.07) is 14.2. The number of thioether (sulfide) groups is 1. The van der Waals surface area contributed by atoms with Gasteiger partial charge in [-0.05, 0) is 32.1 Å². The molecule has 0 atom stereocenters. The number of nitrogen functional groups attached to an aromatic ring is 1. The number of allylic oxidation sites excluding steroid dienone is 1. The van der Waals surface area contributed by atoms with Crippen LogP contribution in [-0.2, 0) is 14.3 Å². The molecule has 2 aromatic carbocycles. The highest BCUT2D eigenvalue weighted by atomic mass is 35.5. The molecule has 11 heteroatoms. The second-order valence-electron chi connectivity index (χ2n) is 7.67. The molecule has 1 aliphatic rings. The zero-order valence-corrected chi connectivity index (χ0v) is 24.3. The maximum atomic E-state index is 12.9. The van der Waals surface area contributed by atoms with Crippen molar-refractivity contribution in [1.29, 1.82) is 5.41 Å². The molecule has 0 bridgehead atoms. The fourth-order valence-corrected chi connectivity index (χ4v) is 6.45. The maximum Gasteiger partial charge on any atom is 0.341 e. The van der Waals surface area contributed by atoms with Crippen LogP contribution in [0.1, 0.15) is 34.6 Å². The van der Waals surface area contributed by atoms with Crippen LogP contribution in [0, 0.1) is 5.41 Å². The number of esters is 2. The lowest BCUT2D eigenvalue weighted by molar-refractivity contribution is -0.137. The Morgan fingerprint density at radius 1 is 0.947 bits per heavy atom. The Morgan fingerprint density at radius 3 is 2.08 bits per heavy atom. The summed E-state index contributed by atoms with van der Waals surface area (Å²) in [5.74, 6) is -1.17. The van der Waals surface area contributed by atoms with Crippen molar-refractivity contribution in [3.8, 4) is 11.1 Å². The van der Waals surface area contributed by atoms with Gasteiger partial charge in [0.1, 0.15) is 21.2 Å². The molecular formula is C27H23Cl3N2O4S2. The quantitative estimate of drug-likeness (QED) is 0.263. The molecule has 2 heterocycles. The van der Waals surface area contributed by atoms with Crippen LogP contribution >= 0.6 is 58.7 Å². The molecule has 198 valence electrons. The average Bonchev–Trinajstić information content (AvgIpc) is 3.35. The van der Waals surface area contributed by atoms with Crippen molar-refractivity contribution in [1.82, 2.24) is 0 Å². The van der Waals surface area contributed by atoms with Gasteiger partial charge in [0.2, 0.25) is 0 Å². The predicted octanol–water partition coefficient (Wildman–Crippen LogP) is 7.98. The summed E-state index contributed by atoms with van der Waals surface area (Å²) in [6.45, 7) is 3.77. The molecule has 1 aliphatic heterocycles. The molecule has 0 amide bonds. The largest absolute Gasteiger partial charge is 0.462 e. The van der Waals surface area contributed by atoms with E-state index in [1.165, 1.54) is 11.3 Å². The molecule has 0 radical (unpaired) electrons. The minimum atomic E-state index is -0.609. The van der Waals surface area contributed by atoms with E-state index in [1.807, 2.05) is 6.07 Å².